The van der Waals surface area contributed by atoms with Crippen molar-refractivity contribution >= 4 is 23.4 Å². The number of nitriles is 1. The van der Waals surface area contributed by atoms with E-state index in [-0.39, 0.29) is 24.7 Å². The lowest BCUT2D eigenvalue weighted by molar-refractivity contribution is -0.122. The molecule has 3 rings (SSSR count). The molecule has 0 radical (unpaired) electrons. The van der Waals surface area contributed by atoms with Crippen LogP contribution in [-0.2, 0) is 20.7 Å². The predicted octanol–water partition coefficient (Wildman–Crippen LogP) is 5.78. The summed E-state index contributed by atoms with van der Waals surface area (Å²) in [6.45, 7) is 7.19. The number of benzene rings is 2. The number of carbonyl (C=O) groups is 2. The fourth-order valence-corrected chi connectivity index (χ4v) is 4.38. The second kappa shape index (κ2) is 12.9. The summed E-state index contributed by atoms with van der Waals surface area (Å²) in [7, 11) is 2.99. The van der Waals surface area contributed by atoms with E-state index in [1.54, 1.807) is 63.2 Å². The lowest BCUT2D eigenvalue weighted by atomic mass is 9.97. The van der Waals surface area contributed by atoms with Gasteiger partial charge in [-0.2, -0.15) is 5.26 Å². The number of carbonyl (C=O) groups excluding carboxylic acids is 2. The Morgan fingerprint density at radius 1 is 1.05 bits per heavy atom. The Bertz CT molecular complexity index is 1480. The highest BCUT2D eigenvalue weighted by atomic mass is 35.5. The van der Waals surface area contributed by atoms with Gasteiger partial charge in [0.15, 0.2) is 5.78 Å². The van der Waals surface area contributed by atoms with Crippen LogP contribution in [-0.4, -0.2) is 42.2 Å². The van der Waals surface area contributed by atoms with Crippen LogP contribution in [0.2, 0.25) is 5.02 Å². The quantitative estimate of drug-likeness (QED) is 0.287. The molecule has 9 heteroatoms. The van der Waals surface area contributed by atoms with E-state index in [2.05, 4.69) is 6.07 Å². The lowest BCUT2D eigenvalue weighted by Crippen LogP contribution is -2.33. The topological polar surface area (TPSA) is 108 Å². The van der Waals surface area contributed by atoms with Gasteiger partial charge < -0.3 is 18.8 Å². The second-order valence-electron chi connectivity index (χ2n) is 10.4. The van der Waals surface area contributed by atoms with Gasteiger partial charge in [-0.05, 0) is 63.6 Å². The van der Waals surface area contributed by atoms with Gasteiger partial charge in [-0.25, -0.2) is 4.79 Å². The first kappa shape index (κ1) is 30.6. The largest absolute Gasteiger partial charge is 0.495 e. The first-order valence-corrected chi connectivity index (χ1v) is 13.1. The zero-order valence-corrected chi connectivity index (χ0v) is 24.2. The Labute approximate surface area is 239 Å². The monoisotopic (exact) mass is 564 g/mol. The molecular formula is C31H33ClN2O6. The van der Waals surface area contributed by atoms with Crippen LogP contribution in [0.25, 0.3) is 11.1 Å². The van der Waals surface area contributed by atoms with Crippen LogP contribution in [0.4, 0.5) is 0 Å². The van der Waals surface area contributed by atoms with Gasteiger partial charge in [-0.15, -0.1) is 0 Å². The average molecular weight is 565 g/mol. The average Bonchev–Trinajstić information content (AvgIpc) is 2.91. The molecule has 210 valence electrons. The Morgan fingerprint density at radius 3 is 2.30 bits per heavy atom. The summed E-state index contributed by atoms with van der Waals surface area (Å²) in [6, 6.07) is 14.0. The number of hydrogen-bond acceptors (Lipinski definition) is 7. The lowest BCUT2D eigenvalue weighted by Gasteiger charge is -2.23. The fraction of sp³-hybridized carbons (Fsp3) is 0.355. The summed E-state index contributed by atoms with van der Waals surface area (Å²) in [5.74, 6) is -0.357. The van der Waals surface area contributed by atoms with Gasteiger partial charge in [-0.3, -0.25) is 9.59 Å². The van der Waals surface area contributed by atoms with Crippen LogP contribution in [0.1, 0.15) is 61.6 Å². The Morgan fingerprint density at radius 2 is 1.73 bits per heavy atom. The SMILES string of the molecule is COc1cn(C(C[C@H](C)OC)C(=O)Cc2ccc(C(=O)OC(C)(C)C)cc2)c(=O)cc1-c1cc(Cl)ccc1C#N. The third-order valence-corrected chi connectivity index (χ3v) is 6.52. The Kier molecular flexibility index (Phi) is 9.91. The molecule has 0 N–H and O–H groups in total. The van der Waals surface area contributed by atoms with Crippen molar-refractivity contribution in [2.75, 3.05) is 14.2 Å². The molecule has 0 fully saturated rings. The third kappa shape index (κ3) is 7.59. The molecule has 0 saturated heterocycles. The molecule has 0 spiro atoms. The summed E-state index contributed by atoms with van der Waals surface area (Å²) < 4.78 is 17.7. The number of aromatic nitrogens is 1. The number of rotatable bonds is 10. The van der Waals surface area contributed by atoms with Crippen LogP contribution in [0.15, 0.2) is 59.5 Å². The molecule has 0 aliphatic carbocycles. The number of methoxy groups -OCH3 is 2. The van der Waals surface area contributed by atoms with Gasteiger partial charge in [0, 0.05) is 42.2 Å². The van der Waals surface area contributed by atoms with E-state index in [1.807, 2.05) is 6.92 Å². The number of pyridine rings is 1. The minimum Gasteiger partial charge on any atom is -0.495 e. The number of halogens is 1. The van der Waals surface area contributed by atoms with Crippen LogP contribution in [0, 0.1) is 11.3 Å². The Hall–Kier alpha value is -3.93. The molecule has 8 nitrogen and oxygen atoms in total. The van der Waals surface area contributed by atoms with Crippen molar-refractivity contribution in [2.24, 2.45) is 0 Å². The van der Waals surface area contributed by atoms with Crippen LogP contribution in [0.5, 0.6) is 5.75 Å². The number of hydrogen-bond donors (Lipinski definition) is 0. The van der Waals surface area contributed by atoms with Crippen molar-refractivity contribution in [1.82, 2.24) is 4.57 Å². The number of Topliss-reactive ketones (excluding diaryl/α,β-unsaturated/α-hetero) is 1. The summed E-state index contributed by atoms with van der Waals surface area (Å²) in [5.41, 5.74) is 1.17. The maximum Gasteiger partial charge on any atom is 0.338 e. The van der Waals surface area contributed by atoms with E-state index in [4.69, 9.17) is 25.8 Å². The van der Waals surface area contributed by atoms with Crippen molar-refractivity contribution in [1.29, 1.82) is 5.26 Å². The molecular weight excluding hydrogens is 532 g/mol. The van der Waals surface area contributed by atoms with Crippen LogP contribution < -0.4 is 10.3 Å². The molecule has 0 aliphatic heterocycles. The molecule has 40 heavy (non-hydrogen) atoms. The van der Waals surface area contributed by atoms with Crippen LogP contribution >= 0.6 is 11.6 Å². The zero-order chi connectivity index (χ0) is 29.6. The van der Waals surface area contributed by atoms with Crippen molar-refractivity contribution in [3.63, 3.8) is 0 Å². The van der Waals surface area contributed by atoms with E-state index in [0.29, 0.717) is 38.6 Å². The standard InChI is InChI=1S/C31H33ClN2O6/c1-19(38-5)13-26(27(35)14-20-7-9-21(10-8-20)30(37)40-31(2,3)4)34-18-28(39-6)25(16-29(34)36)24-15-23(32)12-11-22(24)17-33/h7-12,15-16,18-19,26H,13-14H2,1-6H3/t19-,26?/m0/s1. The van der Waals surface area contributed by atoms with Gasteiger partial charge in [0.2, 0.25) is 0 Å². The molecule has 1 heterocycles. The molecule has 2 aromatic carbocycles. The molecule has 0 bridgehead atoms. The van der Waals surface area contributed by atoms with Gasteiger partial charge in [-0.1, -0.05) is 23.7 Å². The molecule has 0 aliphatic rings. The van der Waals surface area contributed by atoms with E-state index in [0.717, 1.165) is 0 Å². The molecule has 1 aromatic heterocycles. The smallest absolute Gasteiger partial charge is 0.338 e. The van der Waals surface area contributed by atoms with E-state index >= 15 is 0 Å². The van der Waals surface area contributed by atoms with Gasteiger partial charge in [0.1, 0.15) is 11.4 Å². The number of nitrogens with zero attached hydrogens (tertiary/aromatic N) is 2. The molecule has 1 unspecified atom stereocenters. The van der Waals surface area contributed by atoms with Gasteiger partial charge >= 0.3 is 5.97 Å². The maximum atomic E-state index is 13.6. The van der Waals surface area contributed by atoms with Gasteiger partial charge in [0.25, 0.3) is 5.56 Å². The molecule has 2 atom stereocenters. The first-order chi connectivity index (χ1) is 18.9. The minimum absolute atomic E-state index is 0.0269. The molecule has 0 saturated carbocycles. The molecule has 0 amide bonds. The maximum absolute atomic E-state index is 13.6. The summed E-state index contributed by atoms with van der Waals surface area (Å²) in [4.78, 5) is 39.4. The fourth-order valence-electron chi connectivity index (χ4n) is 4.21. The third-order valence-electron chi connectivity index (χ3n) is 6.29. The summed E-state index contributed by atoms with van der Waals surface area (Å²) >= 11 is 6.17. The van der Waals surface area contributed by atoms with Crippen molar-refractivity contribution in [3.05, 3.63) is 86.8 Å². The van der Waals surface area contributed by atoms with Crippen LogP contribution in [0.3, 0.4) is 0 Å². The number of ketones is 1. The summed E-state index contributed by atoms with van der Waals surface area (Å²) in [6.07, 6.45) is 1.43. The van der Waals surface area contributed by atoms with Crippen molar-refractivity contribution < 1.29 is 23.8 Å². The Balaban J connectivity index is 1.97. The van der Waals surface area contributed by atoms with E-state index in [1.165, 1.54) is 31.0 Å². The van der Waals surface area contributed by atoms with E-state index in [9.17, 15) is 19.6 Å². The minimum atomic E-state index is -0.856. The molecule has 3 aromatic rings. The second-order valence-corrected chi connectivity index (χ2v) is 10.9. The van der Waals surface area contributed by atoms with Gasteiger partial charge in [0.05, 0.1) is 42.6 Å². The van der Waals surface area contributed by atoms with Crippen molar-refractivity contribution in [2.45, 2.75) is 58.3 Å². The summed E-state index contributed by atoms with van der Waals surface area (Å²) in [5, 5.41) is 9.98. The normalized spacial score (nSPS) is 12.8. The zero-order valence-electron chi connectivity index (χ0n) is 23.5. The van der Waals surface area contributed by atoms with Crippen molar-refractivity contribution in [3.8, 4) is 22.9 Å². The highest BCUT2D eigenvalue weighted by molar-refractivity contribution is 6.31. The highest BCUT2D eigenvalue weighted by Gasteiger charge is 2.26. The predicted molar refractivity (Wildman–Crippen MR) is 153 cm³/mol. The first-order valence-electron chi connectivity index (χ1n) is 12.7. The van der Waals surface area contributed by atoms with E-state index < -0.39 is 23.2 Å². The highest BCUT2D eigenvalue weighted by Crippen LogP contribution is 2.34. The number of ether oxygens (including phenoxy) is 3. The number of esters is 1.